The minimum Gasteiger partial charge on any atom is -0.399 e. The lowest BCUT2D eigenvalue weighted by Gasteiger charge is -2.02. The van der Waals surface area contributed by atoms with Crippen molar-refractivity contribution in [2.24, 2.45) is 0 Å². The van der Waals surface area contributed by atoms with E-state index in [0.29, 0.717) is 12.1 Å². The Hall–Kier alpha value is -0.580. The van der Waals surface area contributed by atoms with Crippen molar-refractivity contribution in [1.82, 2.24) is 0 Å². The third-order valence-electron chi connectivity index (χ3n) is 1.61. The smallest absolute Gasteiger partial charge is 0.163 e. The number of benzene rings is 1. The summed E-state index contributed by atoms with van der Waals surface area (Å²) in [6.07, 6.45) is 0.527. The zero-order valence-electron chi connectivity index (χ0n) is 6.80. The zero-order valence-corrected chi connectivity index (χ0v) is 8.96. The number of anilines is 1. The van der Waals surface area contributed by atoms with Gasteiger partial charge in [-0.1, -0.05) is 6.92 Å². The van der Waals surface area contributed by atoms with Crippen LogP contribution >= 0.6 is 22.6 Å². The van der Waals surface area contributed by atoms with Crippen LogP contribution < -0.4 is 5.73 Å². The molecule has 64 valence electrons. The molecule has 1 rings (SSSR count). The predicted octanol–water partition coefficient (Wildman–Crippen LogP) is 2.47. The van der Waals surface area contributed by atoms with Gasteiger partial charge in [0.2, 0.25) is 0 Å². The van der Waals surface area contributed by atoms with Crippen LogP contribution in [0.15, 0.2) is 18.2 Å². The van der Waals surface area contributed by atoms with Crippen molar-refractivity contribution in [2.45, 2.75) is 13.3 Å². The predicted molar refractivity (Wildman–Crippen MR) is 58.2 cm³/mol. The third-order valence-corrected chi connectivity index (χ3v) is 2.55. The summed E-state index contributed by atoms with van der Waals surface area (Å²) in [4.78, 5) is 11.3. The van der Waals surface area contributed by atoms with Crippen LogP contribution in [0.3, 0.4) is 0 Å². The molecule has 1 aromatic rings. The molecule has 0 atom stereocenters. The van der Waals surface area contributed by atoms with Crippen molar-refractivity contribution in [3.63, 3.8) is 0 Å². The summed E-state index contributed by atoms with van der Waals surface area (Å²) in [5.41, 5.74) is 6.94. The maximum absolute atomic E-state index is 11.3. The zero-order chi connectivity index (χ0) is 9.14. The number of halogens is 1. The van der Waals surface area contributed by atoms with Crippen molar-refractivity contribution < 1.29 is 4.79 Å². The number of carbonyl (C=O) groups excluding carboxylic acids is 1. The van der Waals surface area contributed by atoms with Gasteiger partial charge in [0, 0.05) is 21.2 Å². The molecule has 2 nitrogen and oxygen atoms in total. The molecule has 0 unspecified atom stereocenters. The number of Topliss-reactive ketones (excluding diaryl/α,β-unsaturated/α-hetero) is 1. The van der Waals surface area contributed by atoms with Crippen LogP contribution in [-0.4, -0.2) is 5.78 Å². The highest BCUT2D eigenvalue weighted by molar-refractivity contribution is 14.1. The molecule has 0 aliphatic heterocycles. The van der Waals surface area contributed by atoms with Crippen molar-refractivity contribution in [3.8, 4) is 0 Å². The molecule has 2 N–H and O–H groups in total. The number of hydrogen-bond acceptors (Lipinski definition) is 2. The van der Waals surface area contributed by atoms with Gasteiger partial charge in [-0.15, -0.1) is 0 Å². The Labute approximate surface area is 85.3 Å². The van der Waals surface area contributed by atoms with Gasteiger partial charge in [-0.25, -0.2) is 0 Å². The largest absolute Gasteiger partial charge is 0.399 e. The van der Waals surface area contributed by atoms with Gasteiger partial charge in [-0.3, -0.25) is 4.79 Å². The summed E-state index contributed by atoms with van der Waals surface area (Å²) in [6, 6.07) is 5.39. The number of hydrogen-bond donors (Lipinski definition) is 1. The first-order valence-corrected chi connectivity index (χ1v) is 4.81. The molecule has 0 aromatic heterocycles. The van der Waals surface area contributed by atoms with E-state index in [1.54, 1.807) is 12.1 Å². The average molecular weight is 275 g/mol. The van der Waals surface area contributed by atoms with Crippen LogP contribution in [0, 0.1) is 3.57 Å². The quantitative estimate of drug-likeness (QED) is 0.512. The van der Waals surface area contributed by atoms with E-state index < -0.39 is 0 Å². The van der Waals surface area contributed by atoms with Crippen molar-refractivity contribution in [3.05, 3.63) is 27.3 Å². The van der Waals surface area contributed by atoms with Crippen molar-refractivity contribution in [1.29, 1.82) is 0 Å². The first-order chi connectivity index (χ1) is 5.65. The maximum Gasteiger partial charge on any atom is 0.163 e. The first-order valence-electron chi connectivity index (χ1n) is 3.73. The van der Waals surface area contributed by atoms with E-state index in [1.807, 2.05) is 13.0 Å². The van der Waals surface area contributed by atoms with E-state index in [-0.39, 0.29) is 5.78 Å². The van der Waals surface area contributed by atoms with Crippen LogP contribution in [0.1, 0.15) is 23.7 Å². The van der Waals surface area contributed by atoms with Crippen LogP contribution in [0.5, 0.6) is 0 Å². The maximum atomic E-state index is 11.3. The molecule has 0 saturated carbocycles. The molecule has 0 bridgehead atoms. The van der Waals surface area contributed by atoms with E-state index in [4.69, 9.17) is 5.73 Å². The molecule has 0 radical (unpaired) electrons. The Morgan fingerprint density at radius 3 is 2.83 bits per heavy atom. The first kappa shape index (κ1) is 9.51. The minimum absolute atomic E-state index is 0.145. The standard InChI is InChI=1S/C9H10INO/c1-2-9(12)7-5-6(11)3-4-8(7)10/h3-5H,2,11H2,1H3. The molecule has 0 aliphatic rings. The second-order valence-corrected chi connectivity index (χ2v) is 3.68. The molecule has 0 spiro atoms. The molecule has 1 aromatic carbocycles. The number of carbonyl (C=O) groups is 1. The van der Waals surface area contributed by atoms with Gasteiger partial charge in [0.05, 0.1) is 0 Å². The molecule has 0 saturated heterocycles. The highest BCUT2D eigenvalue weighted by atomic mass is 127. The molecule has 0 fully saturated rings. The lowest BCUT2D eigenvalue weighted by atomic mass is 10.1. The van der Waals surface area contributed by atoms with E-state index in [9.17, 15) is 4.79 Å². The summed E-state index contributed by atoms with van der Waals surface area (Å²) in [5, 5.41) is 0. The fourth-order valence-corrected chi connectivity index (χ4v) is 1.58. The van der Waals surface area contributed by atoms with Crippen LogP contribution in [0.25, 0.3) is 0 Å². The normalized spacial score (nSPS) is 9.83. The van der Waals surface area contributed by atoms with Crippen LogP contribution in [0.2, 0.25) is 0 Å². The Bertz CT molecular complexity index is 309. The van der Waals surface area contributed by atoms with Gasteiger partial charge < -0.3 is 5.73 Å². The van der Waals surface area contributed by atoms with Gasteiger partial charge in [0.15, 0.2) is 5.78 Å². The Morgan fingerprint density at radius 2 is 2.25 bits per heavy atom. The van der Waals surface area contributed by atoms with Gasteiger partial charge >= 0.3 is 0 Å². The summed E-state index contributed by atoms with van der Waals surface area (Å²) in [7, 11) is 0. The number of nitrogen functional groups attached to an aromatic ring is 1. The van der Waals surface area contributed by atoms with Gasteiger partial charge in [0.25, 0.3) is 0 Å². The molecule has 12 heavy (non-hydrogen) atoms. The van der Waals surface area contributed by atoms with E-state index >= 15 is 0 Å². The van der Waals surface area contributed by atoms with Gasteiger partial charge in [-0.2, -0.15) is 0 Å². The van der Waals surface area contributed by atoms with E-state index in [2.05, 4.69) is 22.6 Å². The van der Waals surface area contributed by atoms with Gasteiger partial charge in [0.1, 0.15) is 0 Å². The van der Waals surface area contributed by atoms with E-state index in [1.165, 1.54) is 0 Å². The lowest BCUT2D eigenvalue weighted by molar-refractivity contribution is 0.0987. The third kappa shape index (κ3) is 1.97. The van der Waals surface area contributed by atoms with Crippen molar-refractivity contribution >= 4 is 34.1 Å². The Kier molecular flexibility index (Phi) is 3.08. The summed E-state index contributed by atoms with van der Waals surface area (Å²) in [5.74, 6) is 0.145. The molecular weight excluding hydrogens is 265 g/mol. The molecular formula is C9H10INO. The van der Waals surface area contributed by atoms with Crippen LogP contribution in [0.4, 0.5) is 5.69 Å². The lowest BCUT2D eigenvalue weighted by Crippen LogP contribution is -2.00. The van der Waals surface area contributed by atoms with Crippen molar-refractivity contribution in [2.75, 3.05) is 5.73 Å². The average Bonchev–Trinajstić information content (AvgIpc) is 2.08. The molecule has 3 heteroatoms. The highest BCUT2D eigenvalue weighted by Gasteiger charge is 2.07. The second kappa shape index (κ2) is 3.89. The fourth-order valence-electron chi connectivity index (χ4n) is 0.947. The Morgan fingerprint density at radius 1 is 1.58 bits per heavy atom. The number of nitrogens with two attached hydrogens (primary N) is 1. The number of ketones is 1. The molecule has 0 aliphatic carbocycles. The minimum atomic E-state index is 0.145. The fraction of sp³-hybridized carbons (Fsp3) is 0.222. The highest BCUT2D eigenvalue weighted by Crippen LogP contribution is 2.17. The molecule has 0 amide bonds. The van der Waals surface area contributed by atoms with Crippen LogP contribution in [-0.2, 0) is 0 Å². The molecule has 0 heterocycles. The second-order valence-electron chi connectivity index (χ2n) is 2.52. The van der Waals surface area contributed by atoms with E-state index in [0.717, 1.165) is 9.13 Å². The topological polar surface area (TPSA) is 43.1 Å². The van der Waals surface area contributed by atoms with Gasteiger partial charge in [-0.05, 0) is 40.8 Å². The summed E-state index contributed by atoms with van der Waals surface area (Å²) < 4.78 is 0.966. The SMILES string of the molecule is CCC(=O)c1cc(N)ccc1I. The number of rotatable bonds is 2. The summed E-state index contributed by atoms with van der Waals surface area (Å²) in [6.45, 7) is 1.85. The Balaban J connectivity index is 3.13. The monoisotopic (exact) mass is 275 g/mol. The summed E-state index contributed by atoms with van der Waals surface area (Å²) >= 11 is 2.14.